The lowest BCUT2D eigenvalue weighted by molar-refractivity contribution is -0.139. The van der Waals surface area contributed by atoms with Gasteiger partial charge < -0.3 is 9.47 Å². The van der Waals surface area contributed by atoms with E-state index in [9.17, 15) is 17.6 Å². The normalized spacial score (nSPS) is 18.4. The van der Waals surface area contributed by atoms with Crippen LogP contribution in [0.1, 0.15) is 28.3 Å². The SMILES string of the molecule is COC(=O)Cc1ccc2c(c1)C(N1CCN(S(=O)(=O)c3ccc(F)cc3)CC1)c1ccccc1CO2. The fourth-order valence-corrected chi connectivity index (χ4v) is 6.32. The van der Waals surface area contributed by atoms with Crippen molar-refractivity contribution in [3.63, 3.8) is 0 Å². The minimum Gasteiger partial charge on any atom is -0.489 e. The van der Waals surface area contributed by atoms with E-state index in [4.69, 9.17) is 9.47 Å². The third kappa shape index (κ3) is 4.74. The van der Waals surface area contributed by atoms with Crippen LogP contribution in [0.15, 0.2) is 71.6 Å². The van der Waals surface area contributed by atoms with E-state index in [0.29, 0.717) is 32.8 Å². The first-order valence-electron chi connectivity index (χ1n) is 11.8. The first kappa shape index (κ1) is 24.4. The summed E-state index contributed by atoms with van der Waals surface area (Å²) >= 11 is 0. The Kier molecular flexibility index (Phi) is 6.79. The highest BCUT2D eigenvalue weighted by Crippen LogP contribution is 2.40. The van der Waals surface area contributed by atoms with Gasteiger partial charge >= 0.3 is 5.97 Å². The van der Waals surface area contributed by atoms with Crippen LogP contribution >= 0.6 is 0 Å². The third-order valence-corrected chi connectivity index (χ3v) is 8.68. The maximum absolute atomic E-state index is 13.3. The molecule has 0 amide bonds. The Morgan fingerprint density at radius 2 is 1.72 bits per heavy atom. The van der Waals surface area contributed by atoms with E-state index < -0.39 is 15.8 Å². The number of halogens is 1. The molecule has 0 radical (unpaired) electrons. The molecule has 2 aliphatic rings. The van der Waals surface area contributed by atoms with Crippen LogP contribution in [-0.2, 0) is 32.6 Å². The van der Waals surface area contributed by atoms with Gasteiger partial charge in [0.05, 0.1) is 24.5 Å². The molecule has 3 aromatic rings. The first-order chi connectivity index (χ1) is 17.4. The molecule has 9 heteroatoms. The molecule has 1 saturated heterocycles. The number of methoxy groups -OCH3 is 1. The number of piperazine rings is 1. The average molecular weight is 511 g/mol. The van der Waals surface area contributed by atoms with Gasteiger partial charge in [-0.05, 0) is 53.1 Å². The molecular weight excluding hydrogens is 483 g/mol. The Balaban J connectivity index is 1.45. The summed E-state index contributed by atoms with van der Waals surface area (Å²) in [6.45, 7) is 2.03. The highest BCUT2D eigenvalue weighted by molar-refractivity contribution is 7.89. The number of rotatable bonds is 5. The first-order valence-corrected chi connectivity index (χ1v) is 13.2. The zero-order valence-electron chi connectivity index (χ0n) is 19.9. The maximum Gasteiger partial charge on any atom is 0.309 e. The van der Waals surface area contributed by atoms with Crippen molar-refractivity contribution in [2.24, 2.45) is 0 Å². The molecule has 2 heterocycles. The summed E-state index contributed by atoms with van der Waals surface area (Å²) in [7, 11) is -2.35. The number of fused-ring (bicyclic) bond motifs is 2. The van der Waals surface area contributed by atoms with Gasteiger partial charge in [-0.1, -0.05) is 30.3 Å². The van der Waals surface area contributed by atoms with Crippen LogP contribution in [0.5, 0.6) is 5.75 Å². The van der Waals surface area contributed by atoms with Crippen LogP contribution in [-0.4, -0.2) is 56.9 Å². The minimum absolute atomic E-state index is 0.0864. The topological polar surface area (TPSA) is 76.2 Å². The largest absolute Gasteiger partial charge is 0.489 e. The van der Waals surface area contributed by atoms with Crippen molar-refractivity contribution in [3.05, 3.63) is 94.8 Å². The van der Waals surface area contributed by atoms with Crippen molar-refractivity contribution in [2.75, 3.05) is 33.3 Å². The fourth-order valence-electron chi connectivity index (χ4n) is 4.90. The highest BCUT2D eigenvalue weighted by Gasteiger charge is 2.35. The summed E-state index contributed by atoms with van der Waals surface area (Å²) in [4.78, 5) is 14.3. The zero-order chi connectivity index (χ0) is 25.3. The van der Waals surface area contributed by atoms with Crippen molar-refractivity contribution in [2.45, 2.75) is 24.0 Å². The van der Waals surface area contributed by atoms with Crippen LogP contribution in [0.25, 0.3) is 0 Å². The molecule has 5 rings (SSSR count). The van der Waals surface area contributed by atoms with E-state index in [1.807, 2.05) is 36.4 Å². The van der Waals surface area contributed by atoms with E-state index in [1.165, 1.54) is 23.5 Å². The van der Waals surface area contributed by atoms with E-state index in [2.05, 4.69) is 11.0 Å². The molecular formula is C27H27FN2O5S. The van der Waals surface area contributed by atoms with E-state index in [-0.39, 0.29) is 23.3 Å². The standard InChI is InChI=1S/C27H27FN2O5S/c1-34-26(31)17-19-6-11-25-24(16-19)27(23-5-3-2-4-20(23)18-35-25)29-12-14-30(15-13-29)36(32,33)22-9-7-21(28)8-10-22/h2-11,16,27H,12-15,17-18H2,1H3. The number of hydrogen-bond donors (Lipinski definition) is 0. The Labute approximate surface area is 210 Å². The van der Waals surface area contributed by atoms with Crippen molar-refractivity contribution < 1.29 is 27.1 Å². The van der Waals surface area contributed by atoms with Gasteiger partial charge in [0.2, 0.25) is 10.0 Å². The van der Waals surface area contributed by atoms with Crippen LogP contribution in [0.2, 0.25) is 0 Å². The number of ether oxygens (including phenoxy) is 2. The molecule has 0 aliphatic carbocycles. The summed E-state index contributed by atoms with van der Waals surface area (Å²) < 4.78 is 52.0. The Hall–Kier alpha value is -3.27. The molecule has 1 unspecified atom stereocenters. The summed E-state index contributed by atoms with van der Waals surface area (Å²) in [5.74, 6) is -0.0505. The average Bonchev–Trinajstić information content (AvgIpc) is 3.05. The van der Waals surface area contributed by atoms with Crippen LogP contribution in [0.3, 0.4) is 0 Å². The van der Waals surface area contributed by atoms with E-state index in [0.717, 1.165) is 40.1 Å². The highest BCUT2D eigenvalue weighted by atomic mass is 32.2. The maximum atomic E-state index is 13.3. The van der Waals surface area contributed by atoms with Gasteiger partial charge in [0, 0.05) is 31.7 Å². The van der Waals surface area contributed by atoms with Crippen molar-refractivity contribution >= 4 is 16.0 Å². The van der Waals surface area contributed by atoms with Crippen LogP contribution in [0.4, 0.5) is 4.39 Å². The second-order valence-electron chi connectivity index (χ2n) is 8.91. The number of sulfonamides is 1. The number of nitrogens with zero attached hydrogens (tertiary/aromatic N) is 2. The Morgan fingerprint density at radius 1 is 1.00 bits per heavy atom. The molecule has 0 saturated carbocycles. The van der Waals surface area contributed by atoms with Gasteiger partial charge in [0.15, 0.2) is 0 Å². The molecule has 1 atom stereocenters. The second kappa shape index (κ2) is 10.0. The van der Waals surface area contributed by atoms with Gasteiger partial charge in [-0.15, -0.1) is 0 Å². The summed E-state index contributed by atoms with van der Waals surface area (Å²) in [5, 5.41) is 0. The number of esters is 1. The molecule has 0 spiro atoms. The number of benzene rings is 3. The molecule has 36 heavy (non-hydrogen) atoms. The number of carbonyl (C=O) groups is 1. The quantitative estimate of drug-likeness (QED) is 0.489. The number of hydrogen-bond acceptors (Lipinski definition) is 6. The van der Waals surface area contributed by atoms with Crippen molar-refractivity contribution in [1.82, 2.24) is 9.21 Å². The van der Waals surface area contributed by atoms with Crippen LogP contribution < -0.4 is 4.74 Å². The molecule has 0 N–H and O–H groups in total. The molecule has 0 aromatic heterocycles. The lowest BCUT2D eigenvalue weighted by atomic mass is 9.91. The predicted octanol–water partition coefficient (Wildman–Crippen LogP) is 3.53. The molecule has 3 aromatic carbocycles. The summed E-state index contributed by atoms with van der Waals surface area (Å²) in [6, 6.07) is 18.6. The van der Waals surface area contributed by atoms with Gasteiger partial charge in [0.1, 0.15) is 18.2 Å². The van der Waals surface area contributed by atoms with Crippen LogP contribution in [0, 0.1) is 5.82 Å². The lowest BCUT2D eigenvalue weighted by Crippen LogP contribution is -2.49. The molecule has 188 valence electrons. The van der Waals surface area contributed by atoms with Crippen molar-refractivity contribution in [3.8, 4) is 5.75 Å². The Bertz CT molecular complexity index is 1370. The monoisotopic (exact) mass is 510 g/mol. The molecule has 7 nitrogen and oxygen atoms in total. The van der Waals surface area contributed by atoms with Crippen molar-refractivity contribution in [1.29, 1.82) is 0 Å². The fraction of sp³-hybridized carbons (Fsp3) is 0.296. The van der Waals surface area contributed by atoms with Gasteiger partial charge in [0.25, 0.3) is 0 Å². The van der Waals surface area contributed by atoms with Gasteiger partial charge in [-0.3, -0.25) is 9.69 Å². The summed E-state index contributed by atoms with van der Waals surface area (Å²) in [6.07, 6.45) is 0.155. The smallest absolute Gasteiger partial charge is 0.309 e. The molecule has 2 aliphatic heterocycles. The third-order valence-electron chi connectivity index (χ3n) is 6.77. The minimum atomic E-state index is -3.72. The van der Waals surface area contributed by atoms with Gasteiger partial charge in [-0.25, -0.2) is 12.8 Å². The van der Waals surface area contributed by atoms with Gasteiger partial charge in [-0.2, -0.15) is 4.31 Å². The number of carbonyl (C=O) groups excluding carboxylic acids is 1. The zero-order valence-corrected chi connectivity index (χ0v) is 20.7. The molecule has 1 fully saturated rings. The second-order valence-corrected chi connectivity index (χ2v) is 10.8. The van der Waals surface area contributed by atoms with E-state index >= 15 is 0 Å². The Morgan fingerprint density at radius 3 is 2.44 bits per heavy atom. The van der Waals surface area contributed by atoms with E-state index in [1.54, 1.807) is 0 Å². The predicted molar refractivity (Wildman–Crippen MR) is 132 cm³/mol. The summed E-state index contributed by atoms with van der Waals surface area (Å²) in [5.41, 5.74) is 3.93. The molecule has 0 bridgehead atoms. The lowest BCUT2D eigenvalue weighted by Gasteiger charge is -2.39.